The molecule has 0 aliphatic heterocycles. The highest BCUT2D eigenvalue weighted by molar-refractivity contribution is 5.70. The van der Waals surface area contributed by atoms with E-state index in [0.717, 1.165) is 0 Å². The van der Waals surface area contributed by atoms with Crippen LogP contribution in [0.3, 0.4) is 0 Å². The van der Waals surface area contributed by atoms with E-state index >= 15 is 0 Å². The van der Waals surface area contributed by atoms with Crippen LogP contribution in [0.5, 0.6) is 0 Å². The topological polar surface area (TPSA) is 195 Å². The molecule has 0 unspecified atom stereocenters. The Hall–Kier alpha value is -5.28. The molecule has 0 fully saturated rings. The van der Waals surface area contributed by atoms with E-state index in [1.165, 1.54) is 12.2 Å². The summed E-state index contributed by atoms with van der Waals surface area (Å²) in [5, 5.41) is 54.0. The van der Waals surface area contributed by atoms with Crippen molar-refractivity contribution in [3.05, 3.63) is 69.1 Å². The zero-order valence-corrected chi connectivity index (χ0v) is 14.3. The molecule has 1 rings (SSSR count). The maximum atomic E-state index is 9.25. The Morgan fingerprint density at radius 2 is 1.00 bits per heavy atom. The fourth-order valence-corrected chi connectivity index (χ4v) is 1.97. The van der Waals surface area contributed by atoms with Crippen molar-refractivity contribution in [1.82, 2.24) is 0 Å². The van der Waals surface area contributed by atoms with E-state index in [0.29, 0.717) is 11.1 Å². The van der Waals surface area contributed by atoms with E-state index in [-0.39, 0.29) is 33.7 Å². The van der Waals surface area contributed by atoms with Gasteiger partial charge in [-0.1, -0.05) is 18.2 Å². The van der Waals surface area contributed by atoms with E-state index in [4.69, 9.17) is 32.5 Å². The Balaban J connectivity index is 3.50. The summed E-state index contributed by atoms with van der Waals surface area (Å²) in [7, 11) is 0. The minimum atomic E-state index is -0.380. The van der Waals surface area contributed by atoms with Gasteiger partial charge in [-0.2, -0.15) is 31.6 Å². The lowest BCUT2D eigenvalue weighted by Crippen LogP contribution is -2.04. The van der Waals surface area contributed by atoms with Gasteiger partial charge >= 0.3 is 0 Å². The van der Waals surface area contributed by atoms with Gasteiger partial charge in [-0.15, -0.1) is 0 Å². The summed E-state index contributed by atoms with van der Waals surface area (Å²) in [6.07, 6.45) is 2.76. The van der Waals surface area contributed by atoms with Gasteiger partial charge in [-0.05, 0) is 29.3 Å². The van der Waals surface area contributed by atoms with Gasteiger partial charge < -0.3 is 11.5 Å². The normalized spacial score (nSPS) is 9.93. The van der Waals surface area contributed by atoms with Crippen LogP contribution in [0.1, 0.15) is 11.1 Å². The fraction of sp³-hybridized carbons (Fsp3) is 0. The SMILES string of the molecule is N#CC(C#N)=C(N)/C(C#N)=C/c1cccc(/C=C(\C#N)C(N)=C(C#N)C#N)c1. The van der Waals surface area contributed by atoms with Crippen LogP contribution >= 0.6 is 0 Å². The third-order valence-corrected chi connectivity index (χ3v) is 3.34. The van der Waals surface area contributed by atoms with Crippen molar-refractivity contribution < 1.29 is 0 Å². The minimum Gasteiger partial charge on any atom is -0.396 e. The highest BCUT2D eigenvalue weighted by atomic mass is 14.6. The first-order valence-corrected chi connectivity index (χ1v) is 7.40. The molecule has 0 spiro atoms. The molecule has 130 valence electrons. The first-order valence-electron chi connectivity index (χ1n) is 7.40. The largest absolute Gasteiger partial charge is 0.396 e. The molecule has 8 heteroatoms. The number of allylic oxidation sites excluding steroid dienone is 4. The number of rotatable bonds is 4. The maximum Gasteiger partial charge on any atom is 0.153 e. The van der Waals surface area contributed by atoms with Gasteiger partial charge in [0.05, 0.1) is 22.5 Å². The van der Waals surface area contributed by atoms with Crippen molar-refractivity contribution in [2.75, 3.05) is 0 Å². The molecule has 0 heterocycles. The number of nitrogens with zero attached hydrogens (tertiary/aromatic N) is 6. The molecular weight excluding hydrogens is 352 g/mol. The molecule has 1 aromatic carbocycles. The Morgan fingerprint density at radius 3 is 1.29 bits per heavy atom. The molecule has 0 aromatic heterocycles. The van der Waals surface area contributed by atoms with Crippen LogP contribution < -0.4 is 11.5 Å². The van der Waals surface area contributed by atoms with Crippen molar-refractivity contribution in [2.24, 2.45) is 11.5 Å². The van der Waals surface area contributed by atoms with Gasteiger partial charge in [-0.3, -0.25) is 0 Å². The summed E-state index contributed by atoms with van der Waals surface area (Å²) in [6, 6.07) is 16.6. The predicted octanol–water partition coefficient (Wildman–Crippen LogP) is 2.02. The molecule has 28 heavy (non-hydrogen) atoms. The summed E-state index contributed by atoms with van der Waals surface area (Å²) < 4.78 is 0. The lowest BCUT2D eigenvalue weighted by atomic mass is 10.0. The summed E-state index contributed by atoms with van der Waals surface area (Å²) in [6.45, 7) is 0. The molecule has 8 nitrogen and oxygen atoms in total. The Morgan fingerprint density at radius 1 is 0.643 bits per heavy atom. The van der Waals surface area contributed by atoms with E-state index in [9.17, 15) is 10.5 Å². The zero-order chi connectivity index (χ0) is 21.1. The summed E-state index contributed by atoms with van der Waals surface area (Å²) in [4.78, 5) is 0. The van der Waals surface area contributed by atoms with E-state index in [1.807, 2.05) is 12.1 Å². The second-order valence-electron chi connectivity index (χ2n) is 5.03. The third-order valence-electron chi connectivity index (χ3n) is 3.34. The molecule has 0 saturated heterocycles. The quantitative estimate of drug-likeness (QED) is 0.599. The Labute approximate surface area is 161 Å². The molecular formula is C20H10N8. The number of nitriles is 6. The monoisotopic (exact) mass is 362 g/mol. The molecule has 1 aromatic rings. The van der Waals surface area contributed by atoms with Crippen LogP contribution in [-0.4, -0.2) is 0 Å². The molecule has 0 saturated carbocycles. The fourth-order valence-electron chi connectivity index (χ4n) is 1.97. The molecule has 0 atom stereocenters. The smallest absolute Gasteiger partial charge is 0.153 e. The summed E-state index contributed by atoms with van der Waals surface area (Å²) in [5.74, 6) is 0. The van der Waals surface area contributed by atoms with Crippen LogP contribution in [0, 0.1) is 68.0 Å². The van der Waals surface area contributed by atoms with E-state index < -0.39 is 0 Å². The zero-order valence-electron chi connectivity index (χ0n) is 14.3. The van der Waals surface area contributed by atoms with Gasteiger partial charge in [0.15, 0.2) is 11.1 Å². The van der Waals surface area contributed by atoms with Gasteiger partial charge in [0.1, 0.15) is 36.4 Å². The molecule has 0 radical (unpaired) electrons. The average Bonchev–Trinajstić information content (AvgIpc) is 2.72. The first-order chi connectivity index (χ1) is 13.4. The number of benzene rings is 1. The molecule has 0 aliphatic rings. The van der Waals surface area contributed by atoms with Crippen LogP contribution in [0.2, 0.25) is 0 Å². The third kappa shape index (κ3) is 4.86. The van der Waals surface area contributed by atoms with Gasteiger partial charge in [0.2, 0.25) is 0 Å². The van der Waals surface area contributed by atoms with Crippen molar-refractivity contribution in [2.45, 2.75) is 0 Å². The Bertz CT molecular complexity index is 1060. The molecule has 0 aliphatic carbocycles. The molecule has 4 N–H and O–H groups in total. The highest BCUT2D eigenvalue weighted by Gasteiger charge is 2.09. The van der Waals surface area contributed by atoms with Crippen LogP contribution in [0.4, 0.5) is 0 Å². The number of hydrogen-bond donors (Lipinski definition) is 2. The van der Waals surface area contributed by atoms with E-state index in [2.05, 4.69) is 0 Å². The molecule has 0 amide bonds. The van der Waals surface area contributed by atoms with Crippen molar-refractivity contribution in [3.63, 3.8) is 0 Å². The minimum absolute atomic E-state index is 0.0737. The number of nitrogens with two attached hydrogens (primary N) is 2. The predicted molar refractivity (Wildman–Crippen MR) is 98.5 cm³/mol. The summed E-state index contributed by atoms with van der Waals surface area (Å²) >= 11 is 0. The lowest BCUT2D eigenvalue weighted by molar-refractivity contribution is 1.31. The van der Waals surface area contributed by atoms with Gasteiger partial charge in [0.25, 0.3) is 0 Å². The maximum absolute atomic E-state index is 9.25. The van der Waals surface area contributed by atoms with Gasteiger partial charge in [-0.25, -0.2) is 0 Å². The van der Waals surface area contributed by atoms with Crippen LogP contribution in [0.15, 0.2) is 58.0 Å². The summed E-state index contributed by atoms with van der Waals surface area (Å²) in [5.41, 5.74) is 11.0. The average molecular weight is 362 g/mol. The second-order valence-corrected chi connectivity index (χ2v) is 5.03. The lowest BCUT2D eigenvalue weighted by Gasteiger charge is -2.03. The highest BCUT2D eigenvalue weighted by Crippen LogP contribution is 2.18. The standard InChI is InChI=1S/C20H10N8/c21-7-15(19(27)17(9-23)10-24)5-13-2-1-3-14(4-13)6-16(8-22)20(28)18(11-25)12-26/h1-6H,27-28H2/b15-5+,16-6+. The van der Waals surface area contributed by atoms with Crippen LogP contribution in [0.25, 0.3) is 12.2 Å². The Kier molecular flexibility index (Phi) is 7.33. The first kappa shape index (κ1) is 20.8. The van der Waals surface area contributed by atoms with Gasteiger partial charge in [0, 0.05) is 0 Å². The van der Waals surface area contributed by atoms with Crippen molar-refractivity contribution in [3.8, 4) is 36.4 Å². The van der Waals surface area contributed by atoms with Crippen molar-refractivity contribution in [1.29, 1.82) is 31.6 Å². The van der Waals surface area contributed by atoms with E-state index in [1.54, 1.807) is 48.5 Å². The molecule has 0 bridgehead atoms. The number of hydrogen-bond acceptors (Lipinski definition) is 8. The van der Waals surface area contributed by atoms with Crippen molar-refractivity contribution >= 4 is 12.2 Å². The van der Waals surface area contributed by atoms with Crippen LogP contribution in [-0.2, 0) is 0 Å². The second kappa shape index (κ2) is 9.88.